The maximum atomic E-state index is 12.7. The summed E-state index contributed by atoms with van der Waals surface area (Å²) in [4.78, 5) is 24.8. The van der Waals surface area contributed by atoms with Crippen molar-refractivity contribution in [3.63, 3.8) is 0 Å². The summed E-state index contributed by atoms with van der Waals surface area (Å²) in [6.45, 7) is 2.13. The Hall–Kier alpha value is -3.94. The summed E-state index contributed by atoms with van der Waals surface area (Å²) >= 11 is 0. The SMILES string of the molecule is COc1cc([C@@H](CC(=O)NCCOc2ccccc2)c2oc(C)cc(=O)c2O)ccc1O. The number of rotatable bonds is 9. The second kappa shape index (κ2) is 10.4. The zero-order valence-electron chi connectivity index (χ0n) is 17.8. The number of amides is 1. The molecule has 0 spiro atoms. The third-order valence-electron chi connectivity index (χ3n) is 4.82. The van der Waals surface area contributed by atoms with Crippen LogP contribution in [0.15, 0.2) is 63.8 Å². The van der Waals surface area contributed by atoms with E-state index < -0.39 is 17.1 Å². The van der Waals surface area contributed by atoms with Crippen LogP contribution < -0.4 is 20.2 Å². The van der Waals surface area contributed by atoms with Crippen LogP contribution in [-0.2, 0) is 4.79 Å². The van der Waals surface area contributed by atoms with Gasteiger partial charge >= 0.3 is 0 Å². The molecule has 1 atom stereocenters. The molecule has 0 radical (unpaired) electrons. The van der Waals surface area contributed by atoms with E-state index in [0.717, 1.165) is 0 Å². The summed E-state index contributed by atoms with van der Waals surface area (Å²) < 4.78 is 16.4. The Morgan fingerprint density at radius 1 is 1.12 bits per heavy atom. The van der Waals surface area contributed by atoms with Gasteiger partial charge < -0.3 is 29.4 Å². The van der Waals surface area contributed by atoms with Crippen LogP contribution in [0, 0.1) is 6.92 Å². The molecule has 0 saturated heterocycles. The van der Waals surface area contributed by atoms with E-state index in [1.165, 1.54) is 25.3 Å². The Bertz CT molecular complexity index is 1120. The highest BCUT2D eigenvalue weighted by molar-refractivity contribution is 5.77. The zero-order valence-corrected chi connectivity index (χ0v) is 17.8. The first kappa shape index (κ1) is 22.7. The van der Waals surface area contributed by atoms with Crippen LogP contribution in [0.1, 0.15) is 29.4 Å². The van der Waals surface area contributed by atoms with Gasteiger partial charge in [0.1, 0.15) is 18.1 Å². The Balaban J connectivity index is 1.78. The highest BCUT2D eigenvalue weighted by Crippen LogP contribution is 2.37. The number of phenolic OH excluding ortho intramolecular Hbond substituents is 1. The van der Waals surface area contributed by atoms with Gasteiger partial charge in [0.15, 0.2) is 17.3 Å². The smallest absolute Gasteiger partial charge is 0.227 e. The van der Waals surface area contributed by atoms with E-state index in [4.69, 9.17) is 13.9 Å². The fourth-order valence-corrected chi connectivity index (χ4v) is 3.27. The van der Waals surface area contributed by atoms with Gasteiger partial charge in [-0.15, -0.1) is 0 Å². The Morgan fingerprint density at radius 2 is 1.88 bits per heavy atom. The van der Waals surface area contributed by atoms with Gasteiger partial charge in [-0.25, -0.2) is 0 Å². The summed E-state index contributed by atoms with van der Waals surface area (Å²) in [7, 11) is 1.40. The summed E-state index contributed by atoms with van der Waals surface area (Å²) in [6.07, 6.45) is -0.112. The van der Waals surface area contributed by atoms with Crippen molar-refractivity contribution in [3.05, 3.63) is 81.9 Å². The van der Waals surface area contributed by atoms with Crippen molar-refractivity contribution in [1.29, 1.82) is 0 Å². The number of carbonyl (C=O) groups is 1. The van der Waals surface area contributed by atoms with Gasteiger partial charge in [0.05, 0.1) is 19.6 Å². The number of nitrogens with one attached hydrogen (secondary N) is 1. The van der Waals surface area contributed by atoms with E-state index in [1.54, 1.807) is 13.0 Å². The monoisotopic (exact) mass is 439 g/mol. The molecule has 0 bridgehead atoms. The molecule has 0 aliphatic carbocycles. The van der Waals surface area contributed by atoms with Crippen molar-refractivity contribution in [1.82, 2.24) is 5.32 Å². The third-order valence-corrected chi connectivity index (χ3v) is 4.82. The molecule has 0 aliphatic heterocycles. The van der Waals surface area contributed by atoms with Crippen LogP contribution in [0.2, 0.25) is 0 Å². The van der Waals surface area contributed by atoms with Crippen LogP contribution in [-0.4, -0.2) is 36.4 Å². The first-order valence-corrected chi connectivity index (χ1v) is 10.0. The topological polar surface area (TPSA) is 118 Å². The van der Waals surface area contributed by atoms with E-state index in [9.17, 15) is 19.8 Å². The molecule has 0 unspecified atom stereocenters. The molecule has 2 aromatic carbocycles. The van der Waals surface area contributed by atoms with Crippen molar-refractivity contribution in [3.8, 4) is 23.0 Å². The first-order valence-electron chi connectivity index (χ1n) is 10.0. The summed E-state index contributed by atoms with van der Waals surface area (Å²) in [5, 5.41) is 23.0. The van der Waals surface area contributed by atoms with Gasteiger partial charge in [-0.2, -0.15) is 0 Å². The Labute approximate surface area is 185 Å². The molecule has 1 amide bonds. The number of hydrogen-bond donors (Lipinski definition) is 3. The highest BCUT2D eigenvalue weighted by Gasteiger charge is 2.26. The van der Waals surface area contributed by atoms with Crippen molar-refractivity contribution in [2.75, 3.05) is 20.3 Å². The van der Waals surface area contributed by atoms with Gasteiger partial charge in [-0.3, -0.25) is 9.59 Å². The average Bonchev–Trinajstić information content (AvgIpc) is 2.79. The van der Waals surface area contributed by atoms with E-state index >= 15 is 0 Å². The lowest BCUT2D eigenvalue weighted by Crippen LogP contribution is -2.29. The molecule has 8 nitrogen and oxygen atoms in total. The molecule has 3 aromatic rings. The molecular formula is C24H25NO7. The summed E-state index contributed by atoms with van der Waals surface area (Å²) in [5.74, 6) is -0.593. The molecule has 0 aliphatic rings. The van der Waals surface area contributed by atoms with Gasteiger partial charge in [0.2, 0.25) is 17.1 Å². The molecule has 168 valence electrons. The lowest BCUT2D eigenvalue weighted by molar-refractivity contribution is -0.121. The predicted molar refractivity (Wildman–Crippen MR) is 117 cm³/mol. The molecule has 3 rings (SSSR count). The predicted octanol–water partition coefficient (Wildman–Crippen LogP) is 3.09. The van der Waals surface area contributed by atoms with E-state index in [0.29, 0.717) is 17.1 Å². The fraction of sp³-hybridized carbons (Fsp3) is 0.250. The minimum atomic E-state index is -0.785. The molecule has 32 heavy (non-hydrogen) atoms. The number of methoxy groups -OCH3 is 1. The number of aromatic hydroxyl groups is 2. The molecule has 8 heteroatoms. The standard InChI is InChI=1S/C24H25NO7/c1-15-12-20(27)23(29)24(32-15)18(16-8-9-19(26)21(13-16)30-2)14-22(28)25-10-11-31-17-6-4-3-5-7-17/h3-9,12-13,18,26,29H,10-11,14H2,1-2H3,(H,25,28)/t18-/m1/s1. The van der Waals surface area contributed by atoms with Crippen LogP contribution in [0.5, 0.6) is 23.0 Å². The van der Waals surface area contributed by atoms with Crippen LogP contribution >= 0.6 is 0 Å². The zero-order chi connectivity index (χ0) is 23.1. The Morgan fingerprint density at radius 3 is 2.59 bits per heavy atom. The number of benzene rings is 2. The fourth-order valence-electron chi connectivity index (χ4n) is 3.27. The number of ether oxygens (including phenoxy) is 2. The number of para-hydroxylation sites is 1. The van der Waals surface area contributed by atoms with E-state index in [-0.39, 0.29) is 42.7 Å². The van der Waals surface area contributed by atoms with Gasteiger partial charge in [0.25, 0.3) is 0 Å². The number of aryl methyl sites for hydroxylation is 1. The Kier molecular flexibility index (Phi) is 7.38. The molecule has 1 heterocycles. The van der Waals surface area contributed by atoms with Crippen molar-refractivity contribution < 1.29 is 28.9 Å². The molecule has 1 aromatic heterocycles. The lowest BCUT2D eigenvalue weighted by Gasteiger charge is -2.19. The number of phenols is 1. The van der Waals surface area contributed by atoms with Crippen molar-refractivity contribution >= 4 is 5.91 Å². The van der Waals surface area contributed by atoms with Gasteiger partial charge in [-0.1, -0.05) is 24.3 Å². The molecular weight excluding hydrogens is 414 g/mol. The van der Waals surface area contributed by atoms with E-state index in [2.05, 4.69) is 5.32 Å². The van der Waals surface area contributed by atoms with Crippen molar-refractivity contribution in [2.45, 2.75) is 19.3 Å². The minimum absolute atomic E-state index is 0.0292. The highest BCUT2D eigenvalue weighted by atomic mass is 16.5. The molecule has 3 N–H and O–H groups in total. The maximum Gasteiger partial charge on any atom is 0.227 e. The maximum absolute atomic E-state index is 12.7. The largest absolute Gasteiger partial charge is 0.504 e. The summed E-state index contributed by atoms with van der Waals surface area (Å²) in [5.41, 5.74) is -0.0736. The van der Waals surface area contributed by atoms with E-state index in [1.807, 2.05) is 30.3 Å². The second-order valence-electron chi connectivity index (χ2n) is 7.13. The second-order valence-corrected chi connectivity index (χ2v) is 7.13. The third kappa shape index (κ3) is 5.60. The molecule has 0 fully saturated rings. The van der Waals surface area contributed by atoms with Crippen LogP contribution in [0.3, 0.4) is 0 Å². The number of carbonyl (C=O) groups excluding carboxylic acids is 1. The number of hydrogen-bond acceptors (Lipinski definition) is 7. The summed E-state index contributed by atoms with van der Waals surface area (Å²) in [6, 6.07) is 14.9. The minimum Gasteiger partial charge on any atom is -0.504 e. The van der Waals surface area contributed by atoms with Crippen LogP contribution in [0.25, 0.3) is 0 Å². The molecule has 0 saturated carbocycles. The first-order chi connectivity index (χ1) is 15.4. The average molecular weight is 439 g/mol. The van der Waals surface area contributed by atoms with Crippen LogP contribution in [0.4, 0.5) is 0 Å². The van der Waals surface area contributed by atoms with Gasteiger partial charge in [-0.05, 0) is 36.8 Å². The lowest BCUT2D eigenvalue weighted by atomic mass is 9.91. The van der Waals surface area contributed by atoms with Gasteiger partial charge in [0, 0.05) is 12.5 Å². The normalized spacial score (nSPS) is 11.6. The quantitative estimate of drug-likeness (QED) is 0.439. The van der Waals surface area contributed by atoms with Crippen molar-refractivity contribution in [2.24, 2.45) is 0 Å².